The van der Waals surface area contributed by atoms with Crippen molar-refractivity contribution in [2.24, 2.45) is 0 Å². The summed E-state index contributed by atoms with van der Waals surface area (Å²) in [6, 6.07) is -0.289. The quantitative estimate of drug-likeness (QED) is 0.273. The summed E-state index contributed by atoms with van der Waals surface area (Å²) in [7, 11) is 0. The standard InChI is InChI=1S/C20H19ClF5N5O2/c1-10(20(24,25)26)29-18-16(17(21)30-19-28-5-6-31(18)19)15-13(22)8-12(9-14(15)23)33-7-3-4-27-11(2)32/h5-6,8-10,29H,3-4,7H2,1-2H3,(H,27,32)/t10-/m1/s1. The number of anilines is 1. The van der Waals surface area contributed by atoms with Gasteiger partial charge >= 0.3 is 6.18 Å². The molecule has 3 rings (SSSR count). The first-order chi connectivity index (χ1) is 15.5. The molecule has 33 heavy (non-hydrogen) atoms. The molecule has 2 heterocycles. The number of alkyl halides is 3. The normalized spacial score (nSPS) is 12.6. The van der Waals surface area contributed by atoms with Crippen LogP contribution in [0.3, 0.4) is 0 Å². The highest BCUT2D eigenvalue weighted by molar-refractivity contribution is 6.33. The Morgan fingerprint density at radius 3 is 2.52 bits per heavy atom. The van der Waals surface area contributed by atoms with Crippen LogP contribution in [0, 0.1) is 11.6 Å². The summed E-state index contributed by atoms with van der Waals surface area (Å²) in [6.45, 7) is 2.59. The number of nitrogens with one attached hydrogen (secondary N) is 2. The average Bonchev–Trinajstić information content (AvgIpc) is 3.16. The number of fused-ring (bicyclic) bond motifs is 1. The van der Waals surface area contributed by atoms with Crippen LogP contribution in [0.15, 0.2) is 24.5 Å². The van der Waals surface area contributed by atoms with E-state index >= 15 is 0 Å². The van der Waals surface area contributed by atoms with Gasteiger partial charge < -0.3 is 15.4 Å². The molecule has 178 valence electrons. The van der Waals surface area contributed by atoms with Gasteiger partial charge in [0.1, 0.15) is 34.4 Å². The van der Waals surface area contributed by atoms with Crippen LogP contribution >= 0.6 is 11.6 Å². The minimum atomic E-state index is -4.65. The molecule has 0 saturated carbocycles. The highest BCUT2D eigenvalue weighted by atomic mass is 35.5. The molecule has 2 N–H and O–H groups in total. The summed E-state index contributed by atoms with van der Waals surface area (Å²) in [6.07, 6.45) is -1.71. The third kappa shape index (κ3) is 5.62. The highest BCUT2D eigenvalue weighted by Crippen LogP contribution is 2.40. The number of halogens is 6. The molecule has 1 atom stereocenters. The molecule has 0 aliphatic carbocycles. The van der Waals surface area contributed by atoms with Crippen molar-refractivity contribution in [3.8, 4) is 16.9 Å². The third-order valence-corrected chi connectivity index (χ3v) is 4.85. The predicted octanol–water partition coefficient (Wildman–Crippen LogP) is 4.60. The first kappa shape index (κ1) is 24.5. The van der Waals surface area contributed by atoms with Gasteiger partial charge in [-0.2, -0.15) is 18.2 Å². The molecular weight excluding hydrogens is 473 g/mol. The van der Waals surface area contributed by atoms with Crippen molar-refractivity contribution in [3.63, 3.8) is 0 Å². The van der Waals surface area contributed by atoms with Crippen molar-refractivity contribution in [2.45, 2.75) is 32.5 Å². The first-order valence-corrected chi connectivity index (χ1v) is 10.1. The van der Waals surface area contributed by atoms with Gasteiger partial charge in [-0.3, -0.25) is 9.20 Å². The monoisotopic (exact) mass is 491 g/mol. The van der Waals surface area contributed by atoms with Gasteiger partial charge in [0.15, 0.2) is 0 Å². The van der Waals surface area contributed by atoms with Gasteiger partial charge in [0.05, 0.1) is 17.7 Å². The van der Waals surface area contributed by atoms with Crippen LogP contribution in [-0.2, 0) is 4.79 Å². The Bertz CT molecular complexity index is 1140. The Balaban J connectivity index is 1.99. The lowest BCUT2D eigenvalue weighted by atomic mass is 10.1. The van der Waals surface area contributed by atoms with Gasteiger partial charge in [-0.25, -0.2) is 13.8 Å². The maximum atomic E-state index is 15.0. The molecule has 1 aromatic carbocycles. The third-order valence-electron chi connectivity index (χ3n) is 4.58. The van der Waals surface area contributed by atoms with E-state index in [1.54, 1.807) is 0 Å². The van der Waals surface area contributed by atoms with Gasteiger partial charge in [-0.05, 0) is 13.3 Å². The van der Waals surface area contributed by atoms with E-state index in [1.807, 2.05) is 0 Å². The largest absolute Gasteiger partial charge is 0.493 e. The fourth-order valence-corrected chi connectivity index (χ4v) is 3.22. The van der Waals surface area contributed by atoms with E-state index < -0.39 is 40.1 Å². The van der Waals surface area contributed by atoms with Crippen LogP contribution in [0.25, 0.3) is 16.9 Å². The van der Waals surface area contributed by atoms with Gasteiger partial charge in [0, 0.05) is 38.0 Å². The minimum Gasteiger partial charge on any atom is -0.493 e. The van der Waals surface area contributed by atoms with Crippen molar-refractivity contribution in [3.05, 3.63) is 41.3 Å². The summed E-state index contributed by atoms with van der Waals surface area (Å²) >= 11 is 6.14. The summed E-state index contributed by atoms with van der Waals surface area (Å²) in [5, 5.41) is 4.34. The lowest BCUT2D eigenvalue weighted by Crippen LogP contribution is -2.34. The van der Waals surface area contributed by atoms with Crippen molar-refractivity contribution in [1.29, 1.82) is 0 Å². The lowest BCUT2D eigenvalue weighted by Gasteiger charge is -2.22. The maximum Gasteiger partial charge on any atom is 0.408 e. The molecule has 2 aromatic heterocycles. The molecule has 0 spiro atoms. The number of hydrogen-bond donors (Lipinski definition) is 2. The summed E-state index contributed by atoms with van der Waals surface area (Å²) < 4.78 is 76.0. The number of imidazole rings is 1. The van der Waals surface area contributed by atoms with Gasteiger partial charge in [-0.1, -0.05) is 11.6 Å². The van der Waals surface area contributed by atoms with Crippen LogP contribution in [0.4, 0.5) is 27.8 Å². The fraction of sp³-hybridized carbons (Fsp3) is 0.350. The first-order valence-electron chi connectivity index (χ1n) is 9.71. The zero-order chi connectivity index (χ0) is 24.3. The SMILES string of the molecule is CC(=O)NCCCOc1cc(F)c(-c2c(Cl)nc3nccn3c2N[C@H](C)C(F)(F)F)c(F)c1. The summed E-state index contributed by atoms with van der Waals surface area (Å²) in [5.74, 6) is -2.96. The van der Waals surface area contributed by atoms with Crippen LogP contribution in [0.2, 0.25) is 5.15 Å². The van der Waals surface area contributed by atoms with E-state index in [2.05, 4.69) is 20.6 Å². The van der Waals surface area contributed by atoms with Crippen molar-refractivity contribution in [2.75, 3.05) is 18.5 Å². The topological polar surface area (TPSA) is 80.5 Å². The Morgan fingerprint density at radius 2 is 1.91 bits per heavy atom. The van der Waals surface area contributed by atoms with Crippen LogP contribution in [-0.4, -0.2) is 45.6 Å². The number of amides is 1. The molecule has 1 amide bonds. The fourth-order valence-electron chi connectivity index (χ4n) is 2.96. The maximum absolute atomic E-state index is 15.0. The van der Waals surface area contributed by atoms with Gasteiger partial charge in [0.2, 0.25) is 11.7 Å². The second-order valence-electron chi connectivity index (χ2n) is 7.08. The molecule has 0 bridgehead atoms. The van der Waals surface area contributed by atoms with Gasteiger partial charge in [-0.15, -0.1) is 0 Å². The zero-order valence-corrected chi connectivity index (χ0v) is 18.2. The Labute approximate surface area is 189 Å². The molecular formula is C20H19ClF5N5O2. The van der Waals surface area contributed by atoms with E-state index in [0.29, 0.717) is 13.0 Å². The Kier molecular flexibility index (Phi) is 7.25. The molecule has 0 unspecified atom stereocenters. The van der Waals surface area contributed by atoms with E-state index in [1.165, 1.54) is 19.3 Å². The van der Waals surface area contributed by atoms with Gasteiger partial charge in [0.25, 0.3) is 0 Å². The van der Waals surface area contributed by atoms with Crippen LogP contribution < -0.4 is 15.4 Å². The molecule has 13 heteroatoms. The number of rotatable bonds is 8. The van der Waals surface area contributed by atoms with Crippen LogP contribution in [0.1, 0.15) is 20.3 Å². The molecule has 3 aromatic rings. The van der Waals surface area contributed by atoms with Crippen molar-refractivity contribution in [1.82, 2.24) is 19.7 Å². The molecule has 0 fully saturated rings. The lowest BCUT2D eigenvalue weighted by molar-refractivity contribution is -0.138. The number of hydrogen-bond acceptors (Lipinski definition) is 5. The molecule has 7 nitrogen and oxygen atoms in total. The summed E-state index contributed by atoms with van der Waals surface area (Å²) in [4.78, 5) is 18.6. The number of ether oxygens (including phenoxy) is 1. The molecule has 0 saturated heterocycles. The predicted molar refractivity (Wildman–Crippen MR) is 111 cm³/mol. The number of nitrogens with zero attached hydrogens (tertiary/aromatic N) is 3. The van der Waals surface area contributed by atoms with E-state index in [0.717, 1.165) is 23.5 Å². The van der Waals surface area contributed by atoms with E-state index in [9.17, 15) is 26.7 Å². The number of carbonyl (C=O) groups excluding carboxylic acids is 1. The van der Waals surface area contributed by atoms with E-state index in [-0.39, 0.29) is 29.9 Å². The Hall–Kier alpha value is -3.15. The number of aromatic nitrogens is 3. The van der Waals surface area contributed by atoms with Crippen LogP contribution in [0.5, 0.6) is 5.75 Å². The number of carbonyl (C=O) groups is 1. The molecule has 0 aliphatic rings. The van der Waals surface area contributed by atoms with E-state index in [4.69, 9.17) is 16.3 Å². The number of benzene rings is 1. The Morgan fingerprint density at radius 1 is 1.24 bits per heavy atom. The van der Waals surface area contributed by atoms with Crippen molar-refractivity contribution >= 4 is 29.1 Å². The minimum absolute atomic E-state index is 0.0550. The van der Waals surface area contributed by atoms with Crippen molar-refractivity contribution < 1.29 is 31.5 Å². The molecule has 0 aliphatic heterocycles. The smallest absolute Gasteiger partial charge is 0.408 e. The summed E-state index contributed by atoms with van der Waals surface area (Å²) in [5.41, 5.74) is -1.07. The average molecular weight is 492 g/mol. The second kappa shape index (κ2) is 9.77. The molecule has 0 radical (unpaired) electrons. The highest BCUT2D eigenvalue weighted by Gasteiger charge is 2.37. The second-order valence-corrected chi connectivity index (χ2v) is 7.44. The zero-order valence-electron chi connectivity index (χ0n) is 17.4.